The number of hydrogen-bond acceptors (Lipinski definition) is 10. The summed E-state index contributed by atoms with van der Waals surface area (Å²) in [5.74, 6) is 0.211. The van der Waals surface area contributed by atoms with Crippen LogP contribution >= 0.6 is 0 Å². The molecule has 5 rings (SSSR count). The molecule has 0 aliphatic carbocycles. The van der Waals surface area contributed by atoms with Gasteiger partial charge in [-0.05, 0) is 70.5 Å². The van der Waals surface area contributed by atoms with E-state index in [9.17, 15) is 9.32 Å². The Hall–Kier alpha value is -4.07. The predicted octanol–water partition coefficient (Wildman–Crippen LogP) is 6.60. The standard InChI is InChI=1S/C29H34FN7O4S.2C2H6/c1-6-40-19(5)36-15-21(14-32-36)26-27(41-17(2)3)28-34-29(35-37(28)16-31-26)33-25-11-10-23(13-24(25)30)42(39)22-9-7-8-20(12-22)18(4)38;2*1-2/h7-19,28,38H,6H2,1-5H3,(H2,33,34,35);2*1-2H3. The number of fused-ring (bicyclic) bond motifs is 1. The second-order valence-corrected chi connectivity index (χ2v) is 11.5. The number of ether oxygens (including phenoxy) is 2. The first-order chi connectivity index (χ1) is 22.1. The number of nitrogens with one attached hydrogen (secondary N) is 2. The Balaban J connectivity index is 0.00000139. The fourth-order valence-electron chi connectivity index (χ4n) is 4.47. The molecule has 11 nitrogen and oxygen atoms in total. The number of aliphatic hydroxyl groups excluding tert-OH is 1. The quantitative estimate of drug-likeness (QED) is 0.223. The molecule has 3 aromatic rings. The smallest absolute Gasteiger partial charge is 0.217 e. The second kappa shape index (κ2) is 17.0. The first-order valence-corrected chi connectivity index (χ1v) is 16.8. The summed E-state index contributed by atoms with van der Waals surface area (Å²) in [6.45, 7) is 17.9. The van der Waals surface area contributed by atoms with Crippen molar-refractivity contribution in [2.45, 2.75) is 96.7 Å². The summed E-state index contributed by atoms with van der Waals surface area (Å²) in [7, 11) is -1.63. The monoisotopic (exact) mass is 655 g/mol. The summed E-state index contributed by atoms with van der Waals surface area (Å²) in [6, 6.07) is 11.1. The molecule has 3 N–H and O–H groups in total. The van der Waals surface area contributed by atoms with Crippen LogP contribution in [0, 0.1) is 5.82 Å². The van der Waals surface area contributed by atoms with Gasteiger partial charge in [0.1, 0.15) is 24.1 Å². The highest BCUT2D eigenvalue weighted by Crippen LogP contribution is 2.32. The molecule has 4 atom stereocenters. The molecule has 0 amide bonds. The van der Waals surface area contributed by atoms with Crippen molar-refractivity contribution in [3.8, 4) is 0 Å². The van der Waals surface area contributed by atoms with Crippen LogP contribution in [0.1, 0.15) is 85.8 Å². The van der Waals surface area contributed by atoms with E-state index in [0.717, 1.165) is 5.56 Å². The molecule has 0 radical (unpaired) electrons. The molecule has 1 aromatic heterocycles. The van der Waals surface area contributed by atoms with Crippen molar-refractivity contribution in [3.05, 3.63) is 77.6 Å². The van der Waals surface area contributed by atoms with Crippen molar-refractivity contribution in [2.75, 3.05) is 11.9 Å². The average molecular weight is 656 g/mol. The third-order valence-corrected chi connectivity index (χ3v) is 7.87. The van der Waals surface area contributed by atoms with Crippen LogP contribution in [0.5, 0.6) is 0 Å². The van der Waals surface area contributed by atoms with E-state index < -0.39 is 28.9 Å². The zero-order chi connectivity index (χ0) is 34.0. The zero-order valence-corrected chi connectivity index (χ0v) is 28.8. The molecule has 250 valence electrons. The fourth-order valence-corrected chi connectivity index (χ4v) is 5.59. The Morgan fingerprint density at radius 1 is 1.09 bits per heavy atom. The second-order valence-electron chi connectivity index (χ2n) is 10.0. The Morgan fingerprint density at radius 3 is 2.46 bits per heavy atom. The van der Waals surface area contributed by atoms with E-state index in [-0.39, 0.29) is 24.0 Å². The van der Waals surface area contributed by atoms with Crippen LogP contribution in [0.3, 0.4) is 0 Å². The Kier molecular flexibility index (Phi) is 13.5. The lowest BCUT2D eigenvalue weighted by Gasteiger charge is -2.28. The third-order valence-electron chi connectivity index (χ3n) is 6.51. The number of aliphatic hydroxyl groups is 1. The van der Waals surface area contributed by atoms with E-state index in [4.69, 9.17) is 14.5 Å². The van der Waals surface area contributed by atoms with E-state index >= 15 is 4.39 Å². The number of aromatic nitrogens is 2. The van der Waals surface area contributed by atoms with Gasteiger partial charge >= 0.3 is 0 Å². The third kappa shape index (κ3) is 8.59. The number of nitrogens with zero attached hydrogens (tertiary/aromatic N) is 5. The molecule has 0 fully saturated rings. The minimum atomic E-state index is -1.63. The van der Waals surface area contributed by atoms with Gasteiger partial charge in [-0.1, -0.05) is 39.8 Å². The van der Waals surface area contributed by atoms with Gasteiger partial charge < -0.3 is 19.9 Å². The van der Waals surface area contributed by atoms with E-state index in [0.29, 0.717) is 33.4 Å². The van der Waals surface area contributed by atoms with Gasteiger partial charge in [-0.3, -0.25) is 5.43 Å². The Labute approximate surface area is 273 Å². The van der Waals surface area contributed by atoms with Crippen molar-refractivity contribution in [2.24, 2.45) is 9.98 Å². The minimum Gasteiger partial charge on any atom is -0.489 e. The number of anilines is 1. The number of rotatable bonds is 10. The van der Waals surface area contributed by atoms with Gasteiger partial charge in [-0.2, -0.15) is 5.10 Å². The lowest BCUT2D eigenvalue weighted by Crippen LogP contribution is -2.44. The van der Waals surface area contributed by atoms with Crippen molar-refractivity contribution >= 4 is 34.5 Å². The highest BCUT2D eigenvalue weighted by atomic mass is 32.2. The summed E-state index contributed by atoms with van der Waals surface area (Å²) in [4.78, 5) is 10.1. The number of aliphatic imine (C=N–C) groups is 2. The van der Waals surface area contributed by atoms with Crippen molar-refractivity contribution < 1.29 is 23.2 Å². The summed E-state index contributed by atoms with van der Waals surface area (Å²) < 4.78 is 41.8. The average Bonchev–Trinajstić information content (AvgIpc) is 3.72. The number of halogens is 1. The lowest BCUT2D eigenvalue weighted by atomic mass is 10.1. The topological polar surface area (TPSA) is 126 Å². The van der Waals surface area contributed by atoms with Crippen molar-refractivity contribution in [1.82, 2.24) is 20.2 Å². The number of hydrazine groups is 1. The summed E-state index contributed by atoms with van der Waals surface area (Å²) in [5, 5.41) is 18.9. The molecule has 0 bridgehead atoms. The molecule has 13 heteroatoms. The van der Waals surface area contributed by atoms with Gasteiger partial charge in [0.05, 0.1) is 34.9 Å². The van der Waals surface area contributed by atoms with Crippen LogP contribution in [-0.2, 0) is 20.3 Å². The van der Waals surface area contributed by atoms with Crippen LogP contribution in [0.15, 0.2) is 80.4 Å². The Morgan fingerprint density at radius 2 is 1.80 bits per heavy atom. The highest BCUT2D eigenvalue weighted by Gasteiger charge is 2.36. The van der Waals surface area contributed by atoms with Crippen LogP contribution in [0.25, 0.3) is 5.70 Å². The van der Waals surface area contributed by atoms with Gasteiger partial charge in [0, 0.05) is 28.2 Å². The SMILES string of the molecule is CC.CC.CCOC(C)n1cc(C2=C(OC(C)C)C3N=C(Nc4ccc(S(=O)c5cccc(C(C)O)c5)cc4F)NN3C=N2)cn1. The van der Waals surface area contributed by atoms with Gasteiger partial charge in [-0.15, -0.1) is 0 Å². The molecule has 0 saturated carbocycles. The van der Waals surface area contributed by atoms with E-state index in [2.05, 4.69) is 20.8 Å². The van der Waals surface area contributed by atoms with Crippen LogP contribution in [0.2, 0.25) is 0 Å². The van der Waals surface area contributed by atoms with Crippen LogP contribution < -0.4 is 10.7 Å². The number of guanidine groups is 1. The summed E-state index contributed by atoms with van der Waals surface area (Å²) in [6.07, 6.45) is 3.46. The van der Waals surface area contributed by atoms with Crippen LogP contribution in [-0.4, -0.2) is 55.3 Å². The minimum absolute atomic E-state index is 0.151. The van der Waals surface area contributed by atoms with E-state index in [1.165, 1.54) is 12.1 Å². The van der Waals surface area contributed by atoms with Gasteiger partial charge in [0.2, 0.25) is 12.1 Å². The first-order valence-electron chi connectivity index (χ1n) is 15.6. The first kappa shape index (κ1) is 36.4. The molecular formula is C33H46FN7O4S. The molecule has 0 spiro atoms. The van der Waals surface area contributed by atoms with E-state index in [1.54, 1.807) is 59.5 Å². The van der Waals surface area contributed by atoms with Gasteiger partial charge in [0.15, 0.2) is 5.76 Å². The molecule has 3 heterocycles. The molecule has 2 aromatic carbocycles. The van der Waals surface area contributed by atoms with Gasteiger partial charge in [-0.25, -0.2) is 28.3 Å². The number of hydrogen-bond donors (Lipinski definition) is 3. The molecule has 46 heavy (non-hydrogen) atoms. The Bertz CT molecular complexity index is 1570. The van der Waals surface area contributed by atoms with E-state index in [1.807, 2.05) is 61.6 Å². The van der Waals surface area contributed by atoms with Crippen LogP contribution in [0.4, 0.5) is 10.1 Å². The number of benzene rings is 2. The summed E-state index contributed by atoms with van der Waals surface area (Å²) >= 11 is 0. The molecule has 2 aliphatic rings. The molecule has 2 aliphatic heterocycles. The van der Waals surface area contributed by atoms with Crippen molar-refractivity contribution in [1.29, 1.82) is 0 Å². The highest BCUT2D eigenvalue weighted by molar-refractivity contribution is 7.85. The van der Waals surface area contributed by atoms with Crippen molar-refractivity contribution in [3.63, 3.8) is 0 Å². The summed E-state index contributed by atoms with van der Waals surface area (Å²) in [5.41, 5.74) is 5.20. The predicted molar refractivity (Wildman–Crippen MR) is 181 cm³/mol. The molecule has 0 saturated heterocycles. The lowest BCUT2D eigenvalue weighted by molar-refractivity contribution is 0.0159. The largest absolute Gasteiger partial charge is 0.489 e. The normalized spacial score (nSPS) is 17.1. The molecular weight excluding hydrogens is 609 g/mol. The maximum atomic E-state index is 15.2. The van der Waals surface area contributed by atoms with Gasteiger partial charge in [0.25, 0.3) is 0 Å². The molecule has 4 unspecified atom stereocenters. The zero-order valence-electron chi connectivity index (χ0n) is 28.0. The maximum absolute atomic E-state index is 15.2. The maximum Gasteiger partial charge on any atom is 0.217 e. The fraction of sp³-hybridized carbons (Fsp3) is 0.424.